The Morgan fingerprint density at radius 2 is 1.32 bits per heavy atom. The first-order valence-corrected chi connectivity index (χ1v) is 14.1. The third kappa shape index (κ3) is 12.2. The molecule has 206 valence electrons. The molecule has 0 fully saturated rings. The van der Waals surface area contributed by atoms with Crippen LogP contribution in [0, 0.1) is 0 Å². The largest absolute Gasteiger partial charge is 0.508 e. The molecule has 0 heterocycles. The number of amides is 3. The first-order chi connectivity index (χ1) is 17.5. The predicted octanol–water partition coefficient (Wildman–Crippen LogP) is -0.218. The summed E-state index contributed by atoms with van der Waals surface area (Å²) in [6.45, 7) is 0. The van der Waals surface area contributed by atoms with Crippen molar-refractivity contribution in [3.8, 4) is 5.75 Å². The molecule has 0 spiro atoms. The summed E-state index contributed by atoms with van der Waals surface area (Å²) in [5.41, 5.74) is 6.38. The summed E-state index contributed by atoms with van der Waals surface area (Å²) >= 11 is 2.94. The molecule has 3 amide bonds. The Morgan fingerprint density at radius 1 is 0.811 bits per heavy atom. The molecule has 37 heavy (non-hydrogen) atoms. The number of nitrogens with one attached hydrogen (secondary N) is 3. The highest BCUT2D eigenvalue weighted by molar-refractivity contribution is 7.98. The average molecular weight is 559 g/mol. The smallest absolute Gasteiger partial charge is 0.326 e. The lowest BCUT2D eigenvalue weighted by molar-refractivity contribution is -0.143. The van der Waals surface area contributed by atoms with Gasteiger partial charge in [0.25, 0.3) is 0 Å². The lowest BCUT2D eigenvalue weighted by Gasteiger charge is -2.24. The summed E-state index contributed by atoms with van der Waals surface area (Å²) in [5.74, 6) is -3.99. The van der Waals surface area contributed by atoms with E-state index in [1.54, 1.807) is 0 Å². The molecular formula is C23H34N4O8S2. The van der Waals surface area contributed by atoms with Crippen molar-refractivity contribution < 1.29 is 39.3 Å². The Labute approximate surface area is 223 Å². The molecule has 1 aromatic carbocycles. The normalized spacial score (nSPS) is 14.0. The van der Waals surface area contributed by atoms with E-state index in [-0.39, 0.29) is 18.6 Å². The fraction of sp³-hybridized carbons (Fsp3) is 0.522. The van der Waals surface area contributed by atoms with E-state index in [9.17, 15) is 39.3 Å². The van der Waals surface area contributed by atoms with Crippen LogP contribution in [0.25, 0.3) is 0 Å². The van der Waals surface area contributed by atoms with E-state index in [0.717, 1.165) is 0 Å². The maximum atomic E-state index is 13.0. The topological polar surface area (TPSA) is 208 Å². The number of phenolic OH excluding ortho intramolecular Hbond substituents is 1. The molecule has 12 nitrogen and oxygen atoms in total. The van der Waals surface area contributed by atoms with Crippen molar-refractivity contribution in [2.45, 2.75) is 49.9 Å². The minimum atomic E-state index is -1.59. The van der Waals surface area contributed by atoms with Crippen molar-refractivity contribution in [3.63, 3.8) is 0 Å². The first-order valence-electron chi connectivity index (χ1n) is 11.4. The summed E-state index contributed by atoms with van der Waals surface area (Å²) in [7, 11) is 0. The second kappa shape index (κ2) is 16.7. The second-order valence-corrected chi connectivity index (χ2v) is 10.1. The van der Waals surface area contributed by atoms with Crippen molar-refractivity contribution in [1.82, 2.24) is 16.0 Å². The zero-order chi connectivity index (χ0) is 28.0. The second-order valence-electron chi connectivity index (χ2n) is 8.16. The van der Waals surface area contributed by atoms with Crippen LogP contribution in [0.3, 0.4) is 0 Å². The summed E-state index contributed by atoms with van der Waals surface area (Å²) in [5, 5.41) is 35.4. The Kier molecular flexibility index (Phi) is 14.5. The number of carbonyl (C=O) groups is 5. The molecule has 1 rings (SSSR count). The SMILES string of the molecule is CSCCC(N)C(=O)NC(CCSC)C(=O)NC(CC(=O)O)C(=O)NC(Cc1ccc(O)cc1)C(=O)O. The maximum Gasteiger partial charge on any atom is 0.326 e. The molecule has 0 bridgehead atoms. The number of hydrogen-bond acceptors (Lipinski definition) is 9. The Morgan fingerprint density at radius 3 is 1.86 bits per heavy atom. The predicted molar refractivity (Wildman–Crippen MR) is 141 cm³/mol. The van der Waals surface area contributed by atoms with Gasteiger partial charge in [0.2, 0.25) is 17.7 Å². The zero-order valence-corrected chi connectivity index (χ0v) is 22.3. The molecular weight excluding hydrogens is 524 g/mol. The number of rotatable bonds is 17. The van der Waals surface area contributed by atoms with Gasteiger partial charge in [0.15, 0.2) is 0 Å². The van der Waals surface area contributed by atoms with E-state index in [1.165, 1.54) is 47.8 Å². The van der Waals surface area contributed by atoms with Crippen LogP contribution in [0.15, 0.2) is 24.3 Å². The molecule has 4 unspecified atom stereocenters. The number of phenols is 1. The maximum absolute atomic E-state index is 13.0. The van der Waals surface area contributed by atoms with Crippen LogP contribution in [0.5, 0.6) is 5.75 Å². The highest BCUT2D eigenvalue weighted by Gasteiger charge is 2.31. The molecule has 4 atom stereocenters. The van der Waals surface area contributed by atoms with E-state index >= 15 is 0 Å². The summed E-state index contributed by atoms with van der Waals surface area (Å²) in [6.07, 6.45) is 3.32. The van der Waals surface area contributed by atoms with Gasteiger partial charge in [0.1, 0.15) is 23.9 Å². The average Bonchev–Trinajstić information content (AvgIpc) is 2.84. The highest BCUT2D eigenvalue weighted by Crippen LogP contribution is 2.12. The van der Waals surface area contributed by atoms with Gasteiger partial charge in [-0.3, -0.25) is 19.2 Å². The number of benzene rings is 1. The van der Waals surface area contributed by atoms with Gasteiger partial charge >= 0.3 is 11.9 Å². The number of nitrogens with two attached hydrogens (primary N) is 1. The molecule has 0 aliphatic heterocycles. The van der Waals surface area contributed by atoms with E-state index in [4.69, 9.17) is 5.73 Å². The molecule has 8 N–H and O–H groups in total. The minimum Gasteiger partial charge on any atom is -0.508 e. The minimum absolute atomic E-state index is 0.0165. The number of aliphatic carboxylic acids is 2. The quantitative estimate of drug-likeness (QED) is 0.133. The lowest BCUT2D eigenvalue weighted by Crippen LogP contribution is -2.57. The van der Waals surface area contributed by atoms with E-state index < -0.39 is 60.2 Å². The summed E-state index contributed by atoms with van der Waals surface area (Å²) < 4.78 is 0. The molecule has 1 aromatic rings. The molecule has 0 aliphatic carbocycles. The third-order valence-corrected chi connectivity index (χ3v) is 6.50. The van der Waals surface area contributed by atoms with E-state index in [1.807, 2.05) is 12.5 Å². The number of hydrogen-bond donors (Lipinski definition) is 7. The van der Waals surface area contributed by atoms with Crippen LogP contribution in [-0.4, -0.2) is 93.2 Å². The van der Waals surface area contributed by atoms with Crippen LogP contribution >= 0.6 is 23.5 Å². The number of carbonyl (C=O) groups excluding carboxylic acids is 3. The lowest BCUT2D eigenvalue weighted by atomic mass is 10.0. The number of carboxylic acids is 2. The van der Waals surface area contributed by atoms with Crippen LogP contribution < -0.4 is 21.7 Å². The van der Waals surface area contributed by atoms with Crippen molar-refractivity contribution in [3.05, 3.63) is 29.8 Å². The van der Waals surface area contributed by atoms with Crippen molar-refractivity contribution in [1.29, 1.82) is 0 Å². The van der Waals surface area contributed by atoms with Gasteiger partial charge in [-0.1, -0.05) is 12.1 Å². The standard InChI is InChI=1S/C23H34N4O8S2/c1-36-9-7-15(24)20(31)25-16(8-10-37-2)21(32)26-17(12-19(29)30)22(33)27-18(23(34)35)11-13-3-5-14(28)6-4-13/h3-6,15-18,28H,7-12,24H2,1-2H3,(H,25,31)(H,26,32)(H,27,33)(H,29,30)(H,34,35). The molecule has 0 saturated heterocycles. The summed E-state index contributed by atoms with van der Waals surface area (Å²) in [4.78, 5) is 61.4. The Hall–Kier alpha value is -2.97. The van der Waals surface area contributed by atoms with Gasteiger partial charge in [-0.15, -0.1) is 0 Å². The van der Waals surface area contributed by atoms with Crippen LogP contribution in [0.4, 0.5) is 0 Å². The fourth-order valence-electron chi connectivity index (χ4n) is 3.16. The van der Waals surface area contributed by atoms with Crippen LogP contribution in [0.2, 0.25) is 0 Å². The number of aromatic hydroxyl groups is 1. The van der Waals surface area contributed by atoms with Gasteiger partial charge in [0, 0.05) is 6.42 Å². The van der Waals surface area contributed by atoms with Gasteiger partial charge in [-0.05, 0) is 54.6 Å². The zero-order valence-electron chi connectivity index (χ0n) is 20.6. The fourth-order valence-corrected chi connectivity index (χ4v) is 4.12. The third-order valence-electron chi connectivity index (χ3n) is 5.22. The molecule has 0 aromatic heterocycles. The Bertz CT molecular complexity index is 932. The first kappa shape index (κ1) is 32.1. The van der Waals surface area contributed by atoms with Gasteiger partial charge < -0.3 is 37.0 Å². The van der Waals surface area contributed by atoms with Crippen LogP contribution in [-0.2, 0) is 30.4 Å². The number of carboxylic acid groups (broad SMARTS) is 2. The Balaban J connectivity index is 2.98. The van der Waals surface area contributed by atoms with Gasteiger partial charge in [0.05, 0.1) is 12.5 Å². The monoisotopic (exact) mass is 558 g/mol. The van der Waals surface area contributed by atoms with Crippen molar-refractivity contribution in [2.24, 2.45) is 5.73 Å². The van der Waals surface area contributed by atoms with Gasteiger partial charge in [-0.25, -0.2) is 4.79 Å². The van der Waals surface area contributed by atoms with Crippen LogP contribution in [0.1, 0.15) is 24.8 Å². The van der Waals surface area contributed by atoms with E-state index in [0.29, 0.717) is 23.5 Å². The molecule has 14 heteroatoms. The summed E-state index contributed by atoms with van der Waals surface area (Å²) in [6, 6.07) is 0.757. The highest BCUT2D eigenvalue weighted by atomic mass is 32.2. The van der Waals surface area contributed by atoms with Crippen molar-refractivity contribution in [2.75, 3.05) is 24.0 Å². The molecule has 0 radical (unpaired) electrons. The number of thioether (sulfide) groups is 2. The van der Waals surface area contributed by atoms with E-state index in [2.05, 4.69) is 16.0 Å². The molecule has 0 saturated carbocycles. The van der Waals surface area contributed by atoms with Crippen molar-refractivity contribution >= 4 is 53.2 Å². The molecule has 0 aliphatic rings. The van der Waals surface area contributed by atoms with Gasteiger partial charge in [-0.2, -0.15) is 23.5 Å².